The van der Waals surface area contributed by atoms with Crippen LogP contribution in [0.1, 0.15) is 18.7 Å². The molecule has 16 heavy (non-hydrogen) atoms. The summed E-state index contributed by atoms with van der Waals surface area (Å²) in [4.78, 5) is 8.04. The molecule has 0 amide bonds. The highest BCUT2D eigenvalue weighted by Gasteiger charge is 2.10. The van der Waals surface area contributed by atoms with Crippen molar-refractivity contribution in [2.24, 2.45) is 0 Å². The number of hydrogen-bond donors (Lipinski definition) is 1. The van der Waals surface area contributed by atoms with Gasteiger partial charge in [-0.1, -0.05) is 0 Å². The molecule has 0 fully saturated rings. The van der Waals surface area contributed by atoms with E-state index in [-0.39, 0.29) is 0 Å². The van der Waals surface area contributed by atoms with Gasteiger partial charge in [-0.25, -0.2) is 4.98 Å². The highest BCUT2D eigenvalue weighted by atomic mass is 32.2. The van der Waals surface area contributed by atoms with E-state index in [0.29, 0.717) is 6.04 Å². The zero-order valence-corrected chi connectivity index (χ0v) is 12.1. The maximum absolute atomic E-state index is 4.34. The SMILES string of the molecule is CCNc1ncc(CN(C)C(C)CSC)s1. The quantitative estimate of drug-likeness (QED) is 0.815. The molecule has 0 radical (unpaired) electrons. The molecule has 3 nitrogen and oxygen atoms in total. The van der Waals surface area contributed by atoms with Crippen LogP contribution in [0, 0.1) is 0 Å². The number of thioether (sulfide) groups is 1. The van der Waals surface area contributed by atoms with Gasteiger partial charge in [-0.2, -0.15) is 11.8 Å². The third-order valence-electron chi connectivity index (χ3n) is 2.45. The fraction of sp³-hybridized carbons (Fsp3) is 0.727. The largest absolute Gasteiger partial charge is 0.362 e. The number of nitrogens with one attached hydrogen (secondary N) is 1. The fourth-order valence-corrected chi connectivity index (χ4v) is 3.06. The van der Waals surface area contributed by atoms with Gasteiger partial charge in [-0.05, 0) is 27.2 Å². The van der Waals surface area contributed by atoms with Crippen molar-refractivity contribution in [3.8, 4) is 0 Å². The van der Waals surface area contributed by atoms with Gasteiger partial charge in [0, 0.05) is 36.0 Å². The maximum Gasteiger partial charge on any atom is 0.182 e. The Morgan fingerprint density at radius 1 is 1.62 bits per heavy atom. The van der Waals surface area contributed by atoms with Crippen molar-refractivity contribution in [2.45, 2.75) is 26.4 Å². The average molecular weight is 259 g/mol. The first-order chi connectivity index (χ1) is 7.67. The van der Waals surface area contributed by atoms with E-state index >= 15 is 0 Å². The molecule has 1 atom stereocenters. The van der Waals surface area contributed by atoms with E-state index < -0.39 is 0 Å². The standard InChI is InChI=1S/C11H21N3S2/c1-5-12-11-13-6-10(16-11)7-14(3)9(2)8-15-4/h6,9H,5,7-8H2,1-4H3,(H,12,13). The molecular weight excluding hydrogens is 238 g/mol. The molecule has 5 heteroatoms. The van der Waals surface area contributed by atoms with Crippen LogP contribution in [0.4, 0.5) is 5.13 Å². The van der Waals surface area contributed by atoms with Crippen LogP contribution in [0.3, 0.4) is 0 Å². The van der Waals surface area contributed by atoms with Crippen molar-refractivity contribution in [3.05, 3.63) is 11.1 Å². The topological polar surface area (TPSA) is 28.2 Å². The second-order valence-electron chi connectivity index (χ2n) is 3.88. The van der Waals surface area contributed by atoms with Crippen LogP contribution in [-0.2, 0) is 6.54 Å². The Balaban J connectivity index is 2.45. The predicted octanol–water partition coefficient (Wildman–Crippen LogP) is 2.76. The van der Waals surface area contributed by atoms with Crippen LogP contribution in [-0.4, -0.2) is 41.5 Å². The van der Waals surface area contributed by atoms with E-state index in [1.165, 1.54) is 10.6 Å². The third-order valence-corrected chi connectivity index (χ3v) is 4.20. The minimum atomic E-state index is 0.611. The minimum absolute atomic E-state index is 0.611. The first kappa shape index (κ1) is 13.8. The lowest BCUT2D eigenvalue weighted by atomic mass is 10.3. The summed E-state index contributed by atoms with van der Waals surface area (Å²) in [6.07, 6.45) is 4.13. The molecule has 1 heterocycles. The first-order valence-corrected chi connectivity index (χ1v) is 7.76. The number of rotatable bonds is 7. The summed E-state index contributed by atoms with van der Waals surface area (Å²) in [7, 11) is 2.17. The number of anilines is 1. The lowest BCUT2D eigenvalue weighted by Gasteiger charge is -2.22. The van der Waals surface area contributed by atoms with Crippen molar-refractivity contribution in [3.63, 3.8) is 0 Å². The predicted molar refractivity (Wildman–Crippen MR) is 75.6 cm³/mol. The summed E-state index contributed by atoms with van der Waals surface area (Å²) in [6, 6.07) is 0.611. The minimum Gasteiger partial charge on any atom is -0.362 e. The molecule has 0 aromatic carbocycles. The monoisotopic (exact) mass is 259 g/mol. The summed E-state index contributed by atoms with van der Waals surface area (Å²) in [5.41, 5.74) is 0. The van der Waals surface area contributed by atoms with Gasteiger partial charge in [0.1, 0.15) is 0 Å². The van der Waals surface area contributed by atoms with Gasteiger partial charge >= 0.3 is 0 Å². The van der Waals surface area contributed by atoms with Crippen molar-refractivity contribution in [1.29, 1.82) is 0 Å². The summed E-state index contributed by atoms with van der Waals surface area (Å²) >= 11 is 3.65. The Morgan fingerprint density at radius 2 is 2.38 bits per heavy atom. The van der Waals surface area contributed by atoms with Gasteiger partial charge in [0.15, 0.2) is 5.13 Å². The molecular formula is C11H21N3S2. The Kier molecular flexibility index (Phi) is 6.16. The van der Waals surface area contributed by atoms with Crippen molar-refractivity contribution < 1.29 is 0 Å². The lowest BCUT2D eigenvalue weighted by molar-refractivity contribution is 0.272. The molecule has 0 aliphatic rings. The highest BCUT2D eigenvalue weighted by Crippen LogP contribution is 2.20. The normalized spacial score (nSPS) is 13.1. The second-order valence-corrected chi connectivity index (χ2v) is 5.91. The number of aromatic nitrogens is 1. The van der Waals surface area contributed by atoms with E-state index in [0.717, 1.165) is 18.2 Å². The van der Waals surface area contributed by atoms with E-state index in [1.54, 1.807) is 11.3 Å². The molecule has 92 valence electrons. The summed E-state index contributed by atoms with van der Waals surface area (Å²) in [6.45, 7) is 6.28. The van der Waals surface area contributed by atoms with Crippen LogP contribution < -0.4 is 5.32 Å². The van der Waals surface area contributed by atoms with Crippen LogP contribution in [0.5, 0.6) is 0 Å². The van der Waals surface area contributed by atoms with Gasteiger partial charge in [-0.3, -0.25) is 4.90 Å². The van der Waals surface area contributed by atoms with Gasteiger partial charge in [0.05, 0.1) is 0 Å². The Labute approximate surface area is 107 Å². The van der Waals surface area contributed by atoms with E-state index in [1.807, 2.05) is 18.0 Å². The fourth-order valence-electron chi connectivity index (χ4n) is 1.38. The van der Waals surface area contributed by atoms with E-state index in [2.05, 4.69) is 42.4 Å². The molecule has 0 aliphatic heterocycles. The van der Waals surface area contributed by atoms with Crippen molar-refractivity contribution >= 4 is 28.2 Å². The van der Waals surface area contributed by atoms with Crippen LogP contribution in [0.2, 0.25) is 0 Å². The number of nitrogens with zero attached hydrogens (tertiary/aromatic N) is 2. The van der Waals surface area contributed by atoms with Crippen molar-refractivity contribution in [2.75, 3.05) is 30.9 Å². The van der Waals surface area contributed by atoms with Gasteiger partial charge < -0.3 is 5.32 Å². The molecule has 0 spiro atoms. The molecule has 0 bridgehead atoms. The average Bonchev–Trinajstić information content (AvgIpc) is 2.66. The van der Waals surface area contributed by atoms with Crippen LogP contribution in [0.15, 0.2) is 6.20 Å². The van der Waals surface area contributed by atoms with Crippen LogP contribution in [0.25, 0.3) is 0 Å². The molecule has 1 aromatic rings. The molecule has 1 N–H and O–H groups in total. The first-order valence-electron chi connectivity index (χ1n) is 5.55. The Bertz CT molecular complexity index is 301. The molecule has 1 aromatic heterocycles. The number of thiazole rings is 1. The summed E-state index contributed by atoms with van der Waals surface area (Å²) in [5, 5.41) is 4.27. The Hall–Kier alpha value is -0.260. The molecule has 0 saturated carbocycles. The maximum atomic E-state index is 4.34. The highest BCUT2D eigenvalue weighted by molar-refractivity contribution is 7.98. The van der Waals surface area contributed by atoms with E-state index in [9.17, 15) is 0 Å². The Morgan fingerprint density at radius 3 is 3.00 bits per heavy atom. The summed E-state index contributed by atoms with van der Waals surface area (Å²) < 4.78 is 0. The zero-order valence-electron chi connectivity index (χ0n) is 10.5. The lowest BCUT2D eigenvalue weighted by Crippen LogP contribution is -2.30. The van der Waals surface area contributed by atoms with Gasteiger partial charge in [0.2, 0.25) is 0 Å². The van der Waals surface area contributed by atoms with Gasteiger partial charge in [-0.15, -0.1) is 11.3 Å². The van der Waals surface area contributed by atoms with Crippen molar-refractivity contribution in [1.82, 2.24) is 9.88 Å². The second kappa shape index (κ2) is 7.14. The van der Waals surface area contributed by atoms with Crippen LogP contribution >= 0.6 is 23.1 Å². The summed E-state index contributed by atoms with van der Waals surface area (Å²) in [5.74, 6) is 1.18. The van der Waals surface area contributed by atoms with Gasteiger partial charge in [0.25, 0.3) is 0 Å². The smallest absolute Gasteiger partial charge is 0.182 e. The third kappa shape index (κ3) is 4.31. The number of hydrogen-bond acceptors (Lipinski definition) is 5. The molecule has 0 aliphatic carbocycles. The zero-order chi connectivity index (χ0) is 12.0. The molecule has 1 rings (SSSR count). The van der Waals surface area contributed by atoms with E-state index in [4.69, 9.17) is 0 Å². The molecule has 1 unspecified atom stereocenters. The molecule has 0 saturated heterocycles.